The predicted molar refractivity (Wildman–Crippen MR) is 99.4 cm³/mol. The summed E-state index contributed by atoms with van der Waals surface area (Å²) in [6.45, 7) is 3.32. The highest BCUT2D eigenvalue weighted by Crippen LogP contribution is 2.20. The van der Waals surface area contributed by atoms with Crippen molar-refractivity contribution in [2.45, 2.75) is 20.0 Å². The third-order valence-electron chi connectivity index (χ3n) is 4.34. The molecular formula is C19H17FN4O4. The van der Waals surface area contributed by atoms with Gasteiger partial charge in [0.2, 0.25) is 0 Å². The van der Waals surface area contributed by atoms with E-state index < -0.39 is 22.8 Å². The van der Waals surface area contributed by atoms with Gasteiger partial charge in [-0.1, -0.05) is 0 Å². The Hall–Kier alpha value is -3.46. The second-order valence-electron chi connectivity index (χ2n) is 6.29. The molecule has 1 amide bonds. The van der Waals surface area contributed by atoms with E-state index in [0.29, 0.717) is 17.0 Å². The van der Waals surface area contributed by atoms with Crippen molar-refractivity contribution < 1.29 is 19.2 Å². The number of hydrogen-bond acceptors (Lipinski definition) is 6. The second-order valence-corrected chi connectivity index (χ2v) is 6.29. The first-order chi connectivity index (χ1) is 13.3. The number of nitrogens with zero attached hydrogens (tertiary/aromatic N) is 3. The molecule has 0 aliphatic rings. The summed E-state index contributed by atoms with van der Waals surface area (Å²) in [7, 11) is 0. The largest absolute Gasteiger partial charge is 0.387 e. The predicted octanol–water partition coefficient (Wildman–Crippen LogP) is 2.76. The van der Waals surface area contributed by atoms with Crippen LogP contribution in [-0.4, -0.2) is 32.4 Å². The molecular weight excluding hydrogens is 367 g/mol. The lowest BCUT2D eigenvalue weighted by atomic mass is 10.1. The van der Waals surface area contributed by atoms with Crippen LogP contribution in [0.15, 0.2) is 36.4 Å². The molecule has 0 bridgehead atoms. The van der Waals surface area contributed by atoms with Crippen molar-refractivity contribution in [3.63, 3.8) is 0 Å². The maximum atomic E-state index is 13.9. The summed E-state index contributed by atoms with van der Waals surface area (Å²) in [6.07, 6.45) is -1.08. The number of rotatable bonds is 5. The van der Waals surface area contributed by atoms with Gasteiger partial charge in [-0.3, -0.25) is 14.9 Å². The van der Waals surface area contributed by atoms with E-state index in [1.165, 1.54) is 30.3 Å². The number of hydrogen-bond donors (Lipinski definition) is 2. The highest BCUT2D eigenvalue weighted by atomic mass is 19.1. The van der Waals surface area contributed by atoms with Gasteiger partial charge in [-0.25, -0.2) is 14.4 Å². The van der Waals surface area contributed by atoms with Crippen molar-refractivity contribution in [1.29, 1.82) is 0 Å². The van der Waals surface area contributed by atoms with Gasteiger partial charge >= 0.3 is 0 Å². The van der Waals surface area contributed by atoms with E-state index in [4.69, 9.17) is 0 Å². The number of halogens is 1. The van der Waals surface area contributed by atoms with Crippen LogP contribution in [0.3, 0.4) is 0 Å². The number of aliphatic hydroxyl groups is 1. The molecule has 1 heterocycles. The van der Waals surface area contributed by atoms with Crippen molar-refractivity contribution in [3.05, 3.63) is 74.8 Å². The first-order valence-corrected chi connectivity index (χ1v) is 8.41. The molecule has 0 saturated heterocycles. The van der Waals surface area contributed by atoms with E-state index >= 15 is 0 Å². The van der Waals surface area contributed by atoms with E-state index in [1.807, 2.05) is 0 Å². The Kier molecular flexibility index (Phi) is 5.27. The zero-order valence-electron chi connectivity index (χ0n) is 15.1. The fraction of sp³-hybridized carbons (Fsp3) is 0.211. The van der Waals surface area contributed by atoms with Crippen LogP contribution in [0.2, 0.25) is 0 Å². The number of carbonyl (C=O) groups excluding carboxylic acids is 1. The monoisotopic (exact) mass is 384 g/mol. The molecule has 28 heavy (non-hydrogen) atoms. The maximum absolute atomic E-state index is 13.9. The van der Waals surface area contributed by atoms with Gasteiger partial charge in [0.15, 0.2) is 0 Å². The third kappa shape index (κ3) is 3.94. The SMILES string of the molecule is Cc1nc2cc(F)cc(C(=O)NC[C@@H](O)c3ccc([N+](=O)[O-])cc3)c2nc1C. The summed E-state index contributed by atoms with van der Waals surface area (Å²) in [4.78, 5) is 31.3. The summed E-state index contributed by atoms with van der Waals surface area (Å²) in [5.41, 5.74) is 2.12. The first-order valence-electron chi connectivity index (χ1n) is 8.41. The van der Waals surface area contributed by atoms with Crippen molar-refractivity contribution in [3.8, 4) is 0 Å². The number of nitro groups is 1. The van der Waals surface area contributed by atoms with Crippen LogP contribution < -0.4 is 5.32 Å². The minimum atomic E-state index is -1.08. The van der Waals surface area contributed by atoms with Gasteiger partial charge in [-0.2, -0.15) is 0 Å². The molecule has 9 heteroatoms. The van der Waals surface area contributed by atoms with Crippen LogP contribution in [0.4, 0.5) is 10.1 Å². The third-order valence-corrected chi connectivity index (χ3v) is 4.34. The number of aliphatic hydroxyl groups excluding tert-OH is 1. The Bertz CT molecular complexity index is 1070. The molecule has 3 rings (SSSR count). The molecule has 2 aromatic carbocycles. The molecule has 0 unspecified atom stereocenters. The lowest BCUT2D eigenvalue weighted by Crippen LogP contribution is -2.29. The lowest BCUT2D eigenvalue weighted by molar-refractivity contribution is -0.384. The van der Waals surface area contributed by atoms with Crippen molar-refractivity contribution in [1.82, 2.24) is 15.3 Å². The van der Waals surface area contributed by atoms with Crippen LogP contribution in [0, 0.1) is 29.8 Å². The zero-order valence-corrected chi connectivity index (χ0v) is 15.1. The highest BCUT2D eigenvalue weighted by molar-refractivity contribution is 6.04. The fourth-order valence-corrected chi connectivity index (χ4v) is 2.69. The zero-order chi connectivity index (χ0) is 20.4. The van der Waals surface area contributed by atoms with E-state index in [9.17, 15) is 24.4 Å². The van der Waals surface area contributed by atoms with Crippen molar-refractivity contribution >= 4 is 22.6 Å². The number of nitrogens with one attached hydrogen (secondary N) is 1. The standard InChI is InChI=1S/C19H17FN4O4/c1-10-11(2)23-18-15(7-13(20)8-16(18)22-10)19(26)21-9-17(25)12-3-5-14(6-4-12)24(27)28/h3-8,17,25H,9H2,1-2H3,(H,21,26)/t17-/m1/s1. The lowest BCUT2D eigenvalue weighted by Gasteiger charge is -2.13. The quantitative estimate of drug-likeness (QED) is 0.516. The second kappa shape index (κ2) is 7.65. The van der Waals surface area contributed by atoms with Crippen LogP contribution >= 0.6 is 0 Å². The summed E-state index contributed by atoms with van der Waals surface area (Å²) in [6, 6.07) is 7.62. The number of fused-ring (bicyclic) bond motifs is 1. The Morgan fingerprint density at radius 3 is 2.50 bits per heavy atom. The van der Waals surface area contributed by atoms with Crippen molar-refractivity contribution in [2.24, 2.45) is 0 Å². The number of carbonyl (C=O) groups is 1. The van der Waals surface area contributed by atoms with Gasteiger partial charge in [0.25, 0.3) is 11.6 Å². The Balaban J connectivity index is 1.79. The average Bonchev–Trinajstić information content (AvgIpc) is 2.66. The molecule has 1 atom stereocenters. The maximum Gasteiger partial charge on any atom is 0.269 e. The van der Waals surface area contributed by atoms with Gasteiger partial charge in [-0.15, -0.1) is 0 Å². The van der Waals surface area contributed by atoms with E-state index in [-0.39, 0.29) is 28.8 Å². The molecule has 0 aliphatic carbocycles. The molecule has 2 N–H and O–H groups in total. The fourth-order valence-electron chi connectivity index (χ4n) is 2.69. The van der Waals surface area contributed by atoms with Crippen LogP contribution in [0.1, 0.15) is 33.4 Å². The van der Waals surface area contributed by atoms with Crippen LogP contribution in [0.25, 0.3) is 11.0 Å². The first kappa shape index (κ1) is 19.3. The minimum Gasteiger partial charge on any atom is -0.387 e. The van der Waals surface area contributed by atoms with Gasteiger partial charge in [0.05, 0.1) is 33.5 Å². The molecule has 1 aromatic heterocycles. The smallest absolute Gasteiger partial charge is 0.269 e. The molecule has 0 radical (unpaired) electrons. The molecule has 0 aliphatic heterocycles. The van der Waals surface area contributed by atoms with Crippen molar-refractivity contribution in [2.75, 3.05) is 6.54 Å². The van der Waals surface area contributed by atoms with Gasteiger partial charge in [0, 0.05) is 24.7 Å². The van der Waals surface area contributed by atoms with E-state index in [0.717, 1.165) is 6.07 Å². The van der Waals surface area contributed by atoms with E-state index in [2.05, 4.69) is 15.3 Å². The molecule has 8 nitrogen and oxygen atoms in total. The van der Waals surface area contributed by atoms with Crippen LogP contribution in [-0.2, 0) is 0 Å². The summed E-state index contributed by atoms with van der Waals surface area (Å²) in [5, 5.41) is 23.4. The summed E-state index contributed by atoms with van der Waals surface area (Å²) >= 11 is 0. The van der Waals surface area contributed by atoms with Gasteiger partial charge in [0.1, 0.15) is 11.3 Å². The number of aryl methyl sites for hydroxylation is 2. The number of nitro benzene ring substituents is 1. The molecule has 0 fully saturated rings. The Morgan fingerprint density at radius 2 is 1.86 bits per heavy atom. The Morgan fingerprint density at radius 1 is 1.21 bits per heavy atom. The molecule has 144 valence electrons. The topological polar surface area (TPSA) is 118 Å². The molecule has 3 aromatic rings. The highest BCUT2D eigenvalue weighted by Gasteiger charge is 2.17. The number of non-ortho nitro benzene ring substituents is 1. The summed E-state index contributed by atoms with van der Waals surface area (Å²) < 4.78 is 13.9. The van der Waals surface area contributed by atoms with Gasteiger partial charge in [-0.05, 0) is 37.6 Å². The summed E-state index contributed by atoms with van der Waals surface area (Å²) in [5.74, 6) is -1.23. The molecule has 0 saturated carbocycles. The van der Waals surface area contributed by atoms with Gasteiger partial charge < -0.3 is 10.4 Å². The normalized spacial score (nSPS) is 12.0. The average molecular weight is 384 g/mol. The number of aromatic nitrogens is 2. The molecule has 0 spiro atoms. The minimum absolute atomic E-state index is 0.0153. The Labute approximate surface area is 159 Å². The number of amides is 1. The number of benzene rings is 2. The van der Waals surface area contributed by atoms with Crippen LogP contribution in [0.5, 0.6) is 0 Å². The van der Waals surface area contributed by atoms with E-state index in [1.54, 1.807) is 13.8 Å².